The molecule has 2 atom stereocenters. The van der Waals surface area contributed by atoms with Crippen LogP contribution in [0.5, 0.6) is 0 Å². The predicted octanol–water partition coefficient (Wildman–Crippen LogP) is 4.12. The standard InChI is InChI=1S/C15H19BrFNO2/c1-2-20-15(19)10-4-3-5-11(8-10)18-12-6-7-14(17)13(16)9-12/h6-7,9-11,18H,2-5,8H2,1H3. The van der Waals surface area contributed by atoms with E-state index in [-0.39, 0.29) is 23.7 Å². The molecule has 20 heavy (non-hydrogen) atoms. The van der Waals surface area contributed by atoms with Gasteiger partial charge in [0.05, 0.1) is 17.0 Å². The number of nitrogens with one attached hydrogen (secondary N) is 1. The summed E-state index contributed by atoms with van der Waals surface area (Å²) in [6, 6.07) is 5.10. The molecule has 0 saturated heterocycles. The van der Waals surface area contributed by atoms with Crippen LogP contribution in [0, 0.1) is 11.7 Å². The predicted molar refractivity (Wildman–Crippen MR) is 80.1 cm³/mol. The molecule has 1 aromatic rings. The zero-order valence-electron chi connectivity index (χ0n) is 11.5. The first-order valence-electron chi connectivity index (χ1n) is 6.98. The van der Waals surface area contributed by atoms with Crippen LogP contribution < -0.4 is 5.32 Å². The van der Waals surface area contributed by atoms with E-state index in [0.717, 1.165) is 31.4 Å². The highest BCUT2D eigenvalue weighted by molar-refractivity contribution is 9.10. The summed E-state index contributed by atoms with van der Waals surface area (Å²) in [6.45, 7) is 2.25. The lowest BCUT2D eigenvalue weighted by Crippen LogP contribution is -2.32. The summed E-state index contributed by atoms with van der Waals surface area (Å²) in [7, 11) is 0. The van der Waals surface area contributed by atoms with Crippen LogP contribution in [-0.2, 0) is 9.53 Å². The Kier molecular flexibility index (Phi) is 5.40. The molecule has 1 aliphatic rings. The Morgan fingerprint density at radius 2 is 2.30 bits per heavy atom. The van der Waals surface area contributed by atoms with Crippen LogP contribution in [0.15, 0.2) is 22.7 Å². The fraction of sp³-hybridized carbons (Fsp3) is 0.533. The van der Waals surface area contributed by atoms with Gasteiger partial charge in [0.15, 0.2) is 0 Å². The number of benzene rings is 1. The Labute approximate surface area is 127 Å². The Bertz CT molecular complexity index is 481. The van der Waals surface area contributed by atoms with E-state index >= 15 is 0 Å². The SMILES string of the molecule is CCOC(=O)C1CCCC(Nc2ccc(F)c(Br)c2)C1. The molecule has 0 heterocycles. The maximum atomic E-state index is 13.2. The highest BCUT2D eigenvalue weighted by Crippen LogP contribution is 2.29. The average Bonchev–Trinajstić information content (AvgIpc) is 2.43. The van der Waals surface area contributed by atoms with Gasteiger partial charge in [0.25, 0.3) is 0 Å². The van der Waals surface area contributed by atoms with Gasteiger partial charge in [-0.2, -0.15) is 0 Å². The molecule has 3 nitrogen and oxygen atoms in total. The Hall–Kier alpha value is -1.10. The van der Waals surface area contributed by atoms with Crippen LogP contribution in [0.3, 0.4) is 0 Å². The summed E-state index contributed by atoms with van der Waals surface area (Å²) in [6.07, 6.45) is 3.69. The summed E-state index contributed by atoms with van der Waals surface area (Å²) in [5, 5.41) is 3.37. The van der Waals surface area contributed by atoms with Crippen molar-refractivity contribution in [1.29, 1.82) is 0 Å². The molecule has 2 rings (SSSR count). The molecule has 0 aromatic heterocycles. The lowest BCUT2D eigenvalue weighted by Gasteiger charge is -2.29. The summed E-state index contributed by atoms with van der Waals surface area (Å²) in [5.74, 6) is -0.395. The molecular weight excluding hydrogens is 325 g/mol. The van der Waals surface area contributed by atoms with Gasteiger partial charge in [0.1, 0.15) is 5.82 Å². The van der Waals surface area contributed by atoms with E-state index < -0.39 is 0 Å². The number of hydrogen-bond acceptors (Lipinski definition) is 3. The number of esters is 1. The van der Waals surface area contributed by atoms with Crippen molar-refractivity contribution >= 4 is 27.6 Å². The molecule has 110 valence electrons. The Morgan fingerprint density at radius 1 is 1.50 bits per heavy atom. The van der Waals surface area contributed by atoms with Gasteiger partial charge in [-0.1, -0.05) is 6.42 Å². The van der Waals surface area contributed by atoms with Gasteiger partial charge in [-0.05, 0) is 60.3 Å². The molecule has 5 heteroatoms. The van der Waals surface area contributed by atoms with Crippen LogP contribution in [-0.4, -0.2) is 18.6 Å². The first kappa shape index (κ1) is 15.3. The molecule has 1 N–H and O–H groups in total. The van der Waals surface area contributed by atoms with Crippen molar-refractivity contribution in [1.82, 2.24) is 0 Å². The monoisotopic (exact) mass is 343 g/mol. The van der Waals surface area contributed by atoms with Crippen molar-refractivity contribution < 1.29 is 13.9 Å². The summed E-state index contributed by atoms with van der Waals surface area (Å²) in [5.41, 5.74) is 0.868. The first-order chi connectivity index (χ1) is 9.60. The van der Waals surface area contributed by atoms with Crippen LogP contribution >= 0.6 is 15.9 Å². The molecule has 1 saturated carbocycles. The highest BCUT2D eigenvalue weighted by Gasteiger charge is 2.28. The molecule has 1 aliphatic carbocycles. The van der Waals surface area contributed by atoms with E-state index in [4.69, 9.17) is 4.74 Å². The molecule has 1 fully saturated rings. The summed E-state index contributed by atoms with van der Waals surface area (Å²) in [4.78, 5) is 11.8. The van der Waals surface area contributed by atoms with Crippen LogP contribution in [0.2, 0.25) is 0 Å². The van der Waals surface area contributed by atoms with Gasteiger partial charge in [-0.15, -0.1) is 0 Å². The van der Waals surface area contributed by atoms with E-state index in [2.05, 4.69) is 21.2 Å². The van der Waals surface area contributed by atoms with Gasteiger partial charge < -0.3 is 10.1 Å². The summed E-state index contributed by atoms with van der Waals surface area (Å²) < 4.78 is 18.7. The van der Waals surface area contributed by atoms with E-state index in [0.29, 0.717) is 11.1 Å². The maximum absolute atomic E-state index is 13.2. The molecular formula is C15H19BrFNO2. The number of carbonyl (C=O) groups is 1. The lowest BCUT2D eigenvalue weighted by molar-refractivity contribution is -0.149. The number of carbonyl (C=O) groups excluding carboxylic acids is 1. The minimum atomic E-state index is -0.274. The lowest BCUT2D eigenvalue weighted by atomic mass is 9.85. The molecule has 0 aliphatic heterocycles. The van der Waals surface area contributed by atoms with Gasteiger partial charge >= 0.3 is 5.97 Å². The minimum Gasteiger partial charge on any atom is -0.466 e. The fourth-order valence-electron chi connectivity index (χ4n) is 2.62. The van der Waals surface area contributed by atoms with E-state index in [1.54, 1.807) is 12.1 Å². The van der Waals surface area contributed by atoms with Crippen molar-refractivity contribution in [3.8, 4) is 0 Å². The molecule has 0 radical (unpaired) electrons. The third-order valence-corrected chi connectivity index (χ3v) is 4.19. The summed E-state index contributed by atoms with van der Waals surface area (Å²) >= 11 is 3.18. The average molecular weight is 344 g/mol. The van der Waals surface area contributed by atoms with Crippen LogP contribution in [0.1, 0.15) is 32.6 Å². The topological polar surface area (TPSA) is 38.3 Å². The van der Waals surface area contributed by atoms with Crippen molar-refractivity contribution in [2.24, 2.45) is 5.92 Å². The Morgan fingerprint density at radius 3 is 3.00 bits per heavy atom. The second-order valence-corrected chi connectivity index (χ2v) is 5.94. The van der Waals surface area contributed by atoms with E-state index in [1.165, 1.54) is 6.07 Å². The van der Waals surface area contributed by atoms with Crippen LogP contribution in [0.4, 0.5) is 10.1 Å². The molecule has 0 bridgehead atoms. The van der Waals surface area contributed by atoms with Crippen molar-refractivity contribution in [3.05, 3.63) is 28.5 Å². The fourth-order valence-corrected chi connectivity index (χ4v) is 3.00. The number of hydrogen-bond donors (Lipinski definition) is 1. The van der Waals surface area contributed by atoms with Crippen molar-refractivity contribution in [2.75, 3.05) is 11.9 Å². The smallest absolute Gasteiger partial charge is 0.308 e. The molecule has 0 spiro atoms. The van der Waals surface area contributed by atoms with E-state index in [1.807, 2.05) is 6.92 Å². The van der Waals surface area contributed by atoms with Gasteiger partial charge in [0.2, 0.25) is 0 Å². The normalized spacial score (nSPS) is 22.4. The zero-order chi connectivity index (χ0) is 14.5. The third kappa shape index (κ3) is 3.95. The van der Waals surface area contributed by atoms with Crippen molar-refractivity contribution in [2.45, 2.75) is 38.6 Å². The van der Waals surface area contributed by atoms with Gasteiger partial charge in [0, 0.05) is 11.7 Å². The second kappa shape index (κ2) is 7.07. The number of anilines is 1. The second-order valence-electron chi connectivity index (χ2n) is 5.09. The molecule has 1 aromatic carbocycles. The maximum Gasteiger partial charge on any atom is 0.308 e. The first-order valence-corrected chi connectivity index (χ1v) is 7.77. The van der Waals surface area contributed by atoms with Crippen LogP contribution in [0.25, 0.3) is 0 Å². The number of rotatable bonds is 4. The van der Waals surface area contributed by atoms with E-state index in [9.17, 15) is 9.18 Å². The van der Waals surface area contributed by atoms with Crippen molar-refractivity contribution in [3.63, 3.8) is 0 Å². The number of halogens is 2. The van der Waals surface area contributed by atoms with Gasteiger partial charge in [-0.3, -0.25) is 4.79 Å². The highest BCUT2D eigenvalue weighted by atomic mass is 79.9. The quantitative estimate of drug-likeness (QED) is 0.835. The number of ether oxygens (including phenoxy) is 1. The largest absolute Gasteiger partial charge is 0.466 e. The molecule has 0 amide bonds. The minimum absolute atomic E-state index is 0.0231. The molecule has 2 unspecified atom stereocenters. The Balaban J connectivity index is 1.95. The zero-order valence-corrected chi connectivity index (χ0v) is 13.1. The van der Waals surface area contributed by atoms with Gasteiger partial charge in [-0.25, -0.2) is 4.39 Å². The third-order valence-electron chi connectivity index (χ3n) is 3.58.